The number of hydrogen-bond donors (Lipinski definition) is 2. The van der Waals surface area contributed by atoms with E-state index < -0.39 is 68.6 Å². The zero-order valence-electron chi connectivity index (χ0n) is 27.7. The summed E-state index contributed by atoms with van der Waals surface area (Å²) in [5.74, 6) is -1.12. The predicted octanol–water partition coefficient (Wildman–Crippen LogP) is 4.27. The van der Waals surface area contributed by atoms with Crippen LogP contribution in [0.2, 0.25) is 5.15 Å². The lowest BCUT2D eigenvalue weighted by atomic mass is 9.96. The van der Waals surface area contributed by atoms with Gasteiger partial charge < -0.3 is 33.9 Å². The maximum Gasteiger partial charge on any atom is 0.509 e. The van der Waals surface area contributed by atoms with Gasteiger partial charge in [0.25, 0.3) is 0 Å². The van der Waals surface area contributed by atoms with Crippen molar-refractivity contribution in [3.8, 4) is 5.75 Å². The lowest BCUT2D eigenvalue weighted by Crippen LogP contribution is -2.42. The molecule has 2 aliphatic heterocycles. The van der Waals surface area contributed by atoms with Crippen molar-refractivity contribution in [2.24, 2.45) is 0 Å². The van der Waals surface area contributed by atoms with Crippen LogP contribution in [-0.2, 0) is 48.8 Å². The van der Waals surface area contributed by atoms with Crippen LogP contribution in [0.4, 0.5) is 10.7 Å². The fraction of sp³-hybridized carbons (Fsp3) is 0.533. The SMILES string of the molecule is CC(C)OC(=O)CCc1ccccc1OP(=O)(NC(C)C(=O)OC(C)C)OCC1OC(n2cnc3c(Cl)nc(N)nc32)C2(C)OC(=O)OC12. The van der Waals surface area contributed by atoms with E-state index in [4.69, 9.17) is 50.1 Å². The molecular formula is C30H38ClN6O11P. The molecule has 17 nitrogen and oxygen atoms in total. The van der Waals surface area contributed by atoms with Crippen molar-refractivity contribution < 1.29 is 51.7 Å². The topological polar surface area (TPSA) is 215 Å². The first kappa shape index (κ1) is 36.3. The van der Waals surface area contributed by atoms with E-state index >= 15 is 0 Å². The number of para-hydroxylation sites is 1. The Kier molecular flexibility index (Phi) is 10.7. The van der Waals surface area contributed by atoms with Crippen molar-refractivity contribution in [2.45, 2.75) is 96.7 Å². The van der Waals surface area contributed by atoms with Gasteiger partial charge in [0.1, 0.15) is 23.4 Å². The summed E-state index contributed by atoms with van der Waals surface area (Å²) in [5.41, 5.74) is 5.35. The number of esters is 2. The lowest BCUT2D eigenvalue weighted by Gasteiger charge is -2.26. The average Bonchev–Trinajstić information content (AvgIpc) is 3.63. The standard InChI is InChI=1S/C30H38ClN6O11P/c1-15(2)43-21(38)12-11-18-9-7-8-10-19(18)48-49(41,36-17(5)26(39)44-16(3)4)42-13-20-23-30(6,47-29(40)46-23)27(45-20)37-14-33-22-24(31)34-28(32)35-25(22)37/h7-10,14-17,20,23,27H,11-13H2,1-6H3,(H,36,41)(H2,32,34,35). The first-order valence-corrected chi connectivity index (χ1v) is 17.4. The van der Waals surface area contributed by atoms with Gasteiger partial charge in [0.05, 0.1) is 25.1 Å². The minimum absolute atomic E-state index is 0.00636. The van der Waals surface area contributed by atoms with Crippen molar-refractivity contribution in [3.63, 3.8) is 0 Å². The molecule has 19 heteroatoms. The third-order valence-corrected chi connectivity index (χ3v) is 9.39. The van der Waals surface area contributed by atoms with Gasteiger partial charge in [-0.15, -0.1) is 0 Å². The molecule has 49 heavy (non-hydrogen) atoms. The number of benzene rings is 1. The highest BCUT2D eigenvalue weighted by Crippen LogP contribution is 2.51. The second-order valence-electron chi connectivity index (χ2n) is 12.2. The zero-order valence-corrected chi connectivity index (χ0v) is 29.3. The van der Waals surface area contributed by atoms with Gasteiger partial charge in [-0.1, -0.05) is 29.8 Å². The summed E-state index contributed by atoms with van der Waals surface area (Å²) >= 11 is 6.22. The van der Waals surface area contributed by atoms with Crippen LogP contribution in [-0.4, -0.2) is 80.3 Å². The number of carbonyl (C=O) groups excluding carboxylic acids is 3. The number of fused-ring (bicyclic) bond motifs is 2. The fourth-order valence-electron chi connectivity index (χ4n) is 5.40. The molecule has 6 unspecified atom stereocenters. The predicted molar refractivity (Wildman–Crippen MR) is 172 cm³/mol. The molecule has 3 N–H and O–H groups in total. The second kappa shape index (κ2) is 14.5. The van der Waals surface area contributed by atoms with E-state index in [2.05, 4.69) is 20.0 Å². The highest BCUT2D eigenvalue weighted by atomic mass is 35.5. The summed E-state index contributed by atoms with van der Waals surface area (Å²) < 4.78 is 55.7. The van der Waals surface area contributed by atoms with Crippen LogP contribution >= 0.6 is 19.3 Å². The van der Waals surface area contributed by atoms with Crippen molar-refractivity contribution >= 4 is 54.6 Å². The summed E-state index contributed by atoms with van der Waals surface area (Å²) in [6, 6.07) is 5.47. The normalized spacial score (nSPS) is 23.5. The van der Waals surface area contributed by atoms with E-state index in [0.29, 0.717) is 5.56 Å². The molecular weight excluding hydrogens is 687 g/mol. The molecule has 0 bridgehead atoms. The third kappa shape index (κ3) is 8.07. The van der Waals surface area contributed by atoms with Gasteiger partial charge in [-0.25, -0.2) is 14.3 Å². The average molecular weight is 725 g/mol. The molecule has 6 atom stereocenters. The van der Waals surface area contributed by atoms with Crippen molar-refractivity contribution in [1.82, 2.24) is 24.6 Å². The molecule has 2 saturated heterocycles. The number of nitrogens with zero attached hydrogens (tertiary/aromatic N) is 4. The first-order chi connectivity index (χ1) is 23.1. The minimum atomic E-state index is -4.45. The van der Waals surface area contributed by atoms with Gasteiger partial charge in [0, 0.05) is 6.42 Å². The Morgan fingerprint density at radius 1 is 1.14 bits per heavy atom. The summed E-state index contributed by atoms with van der Waals surface area (Å²) in [5, 5.41) is 2.64. The smallest absolute Gasteiger partial charge is 0.463 e. The van der Waals surface area contributed by atoms with Crippen LogP contribution < -0.4 is 15.3 Å². The monoisotopic (exact) mass is 724 g/mol. The first-order valence-electron chi connectivity index (χ1n) is 15.5. The Bertz CT molecular complexity index is 1770. The number of carbonyl (C=O) groups is 3. The third-order valence-electron chi connectivity index (χ3n) is 7.49. The Labute approximate surface area is 286 Å². The molecule has 1 aromatic carbocycles. The quantitative estimate of drug-likeness (QED) is 0.103. The van der Waals surface area contributed by atoms with E-state index in [1.807, 2.05) is 0 Å². The molecule has 0 radical (unpaired) electrons. The van der Waals surface area contributed by atoms with E-state index in [1.165, 1.54) is 17.8 Å². The Morgan fingerprint density at radius 2 is 1.86 bits per heavy atom. The largest absolute Gasteiger partial charge is 0.509 e. The summed E-state index contributed by atoms with van der Waals surface area (Å²) in [4.78, 5) is 49.8. The number of anilines is 1. The molecule has 266 valence electrons. The number of nitrogens with two attached hydrogens (primary N) is 1. The van der Waals surface area contributed by atoms with Gasteiger partial charge in [-0.05, 0) is 59.6 Å². The molecule has 0 saturated carbocycles. The molecule has 4 heterocycles. The maximum absolute atomic E-state index is 14.5. The van der Waals surface area contributed by atoms with Crippen LogP contribution in [0.25, 0.3) is 11.2 Å². The van der Waals surface area contributed by atoms with E-state index in [1.54, 1.807) is 58.9 Å². The maximum atomic E-state index is 14.5. The van der Waals surface area contributed by atoms with E-state index in [-0.39, 0.29) is 47.0 Å². The van der Waals surface area contributed by atoms with Gasteiger partial charge in [-0.2, -0.15) is 15.1 Å². The van der Waals surface area contributed by atoms with Crippen molar-refractivity contribution in [3.05, 3.63) is 41.3 Å². The summed E-state index contributed by atoms with van der Waals surface area (Å²) in [6.45, 7) is 9.38. The molecule has 0 spiro atoms. The second-order valence-corrected chi connectivity index (χ2v) is 14.2. The Morgan fingerprint density at radius 3 is 2.57 bits per heavy atom. The van der Waals surface area contributed by atoms with Crippen molar-refractivity contribution in [1.29, 1.82) is 0 Å². The van der Waals surface area contributed by atoms with E-state index in [0.717, 1.165) is 0 Å². The number of aromatic nitrogens is 4. The Hall–Kier alpha value is -4.02. The van der Waals surface area contributed by atoms with E-state index in [9.17, 15) is 18.9 Å². The number of rotatable bonds is 14. The van der Waals surface area contributed by atoms with Gasteiger partial charge in [0.15, 0.2) is 28.7 Å². The number of aryl methyl sites for hydroxylation is 1. The zero-order chi connectivity index (χ0) is 35.7. The molecule has 2 fully saturated rings. The lowest BCUT2D eigenvalue weighted by molar-refractivity contribution is -0.149. The van der Waals surface area contributed by atoms with Crippen LogP contribution in [0.1, 0.15) is 59.8 Å². The van der Waals surface area contributed by atoms with Crippen LogP contribution in [0.5, 0.6) is 5.75 Å². The number of halogens is 1. The fourth-order valence-corrected chi connectivity index (χ4v) is 7.16. The highest BCUT2D eigenvalue weighted by Gasteiger charge is 2.64. The van der Waals surface area contributed by atoms with Gasteiger partial charge in [0.2, 0.25) is 5.95 Å². The molecule has 0 amide bonds. The number of nitrogen functional groups attached to an aromatic ring is 1. The van der Waals surface area contributed by atoms with Crippen LogP contribution in [0, 0.1) is 0 Å². The highest BCUT2D eigenvalue weighted by molar-refractivity contribution is 7.52. The molecule has 3 aromatic rings. The number of ether oxygens (including phenoxy) is 5. The Balaban J connectivity index is 1.41. The number of imidazole rings is 1. The van der Waals surface area contributed by atoms with Gasteiger partial charge in [-0.3, -0.25) is 18.7 Å². The molecule has 2 aromatic heterocycles. The van der Waals surface area contributed by atoms with Crippen LogP contribution in [0.3, 0.4) is 0 Å². The summed E-state index contributed by atoms with van der Waals surface area (Å²) in [6.07, 6.45) is -3.31. The number of hydrogen-bond acceptors (Lipinski definition) is 15. The van der Waals surface area contributed by atoms with Gasteiger partial charge >= 0.3 is 25.8 Å². The molecule has 5 rings (SSSR count). The van der Waals surface area contributed by atoms with Crippen molar-refractivity contribution in [2.75, 3.05) is 12.3 Å². The minimum Gasteiger partial charge on any atom is -0.463 e. The molecule has 0 aliphatic carbocycles. The number of nitrogens with one attached hydrogen (secondary N) is 1. The van der Waals surface area contributed by atoms with Crippen LogP contribution in [0.15, 0.2) is 30.6 Å². The molecule has 2 aliphatic rings. The summed E-state index contributed by atoms with van der Waals surface area (Å²) in [7, 11) is -4.45.